The first kappa shape index (κ1) is 16.1. The number of Topliss-reactive ketones (excluding diaryl/α,β-unsaturated/α-hetero) is 1. The molecule has 17 heavy (non-hydrogen) atoms. The highest BCUT2D eigenvalue weighted by Gasteiger charge is 2.25. The van der Waals surface area contributed by atoms with E-state index in [1.165, 1.54) is 5.57 Å². The van der Waals surface area contributed by atoms with Crippen LogP contribution in [0.2, 0.25) is 0 Å². The Kier molecular flexibility index (Phi) is 6.36. The van der Waals surface area contributed by atoms with Gasteiger partial charge in [-0.2, -0.15) is 0 Å². The van der Waals surface area contributed by atoms with Crippen LogP contribution in [0.4, 0.5) is 0 Å². The first-order chi connectivity index (χ1) is 7.62. The summed E-state index contributed by atoms with van der Waals surface area (Å²) in [4.78, 5) is 21.3. The van der Waals surface area contributed by atoms with Crippen molar-refractivity contribution in [3.05, 3.63) is 11.6 Å². The molecule has 0 aliphatic heterocycles. The Balaban J connectivity index is 0.000000325. The number of carbonyl (C=O) groups is 2. The molecule has 0 aromatic rings. The molecule has 0 heterocycles. The van der Waals surface area contributed by atoms with Gasteiger partial charge in [-0.1, -0.05) is 33.3 Å². The molecule has 0 unspecified atom stereocenters. The van der Waals surface area contributed by atoms with Gasteiger partial charge in [0, 0.05) is 12.8 Å². The first-order valence-corrected chi connectivity index (χ1v) is 6.32. The van der Waals surface area contributed by atoms with Crippen molar-refractivity contribution >= 4 is 11.6 Å². The van der Waals surface area contributed by atoms with Crippen LogP contribution in [0.5, 0.6) is 0 Å². The zero-order valence-electron chi connectivity index (χ0n) is 12.1. The molecule has 2 nitrogen and oxygen atoms in total. The monoisotopic (exact) mass is 238 g/mol. The van der Waals surface area contributed by atoms with Gasteiger partial charge in [-0.05, 0) is 37.7 Å². The lowest BCUT2D eigenvalue weighted by Gasteiger charge is -2.27. The van der Waals surface area contributed by atoms with Gasteiger partial charge in [0.15, 0.2) is 5.78 Å². The van der Waals surface area contributed by atoms with E-state index < -0.39 is 0 Å². The highest BCUT2D eigenvalue weighted by molar-refractivity contribution is 5.91. The number of ketones is 2. The summed E-state index contributed by atoms with van der Waals surface area (Å²) in [5.41, 5.74) is 1.43. The molecule has 0 radical (unpaired) electrons. The van der Waals surface area contributed by atoms with Crippen molar-refractivity contribution in [2.24, 2.45) is 11.3 Å². The Bertz CT molecular complexity index is 309. The van der Waals surface area contributed by atoms with Gasteiger partial charge >= 0.3 is 0 Å². The molecule has 0 saturated heterocycles. The third-order valence-electron chi connectivity index (χ3n) is 2.51. The number of carbonyl (C=O) groups excluding carboxylic acids is 2. The maximum absolute atomic E-state index is 11.0. The molecular weight excluding hydrogens is 212 g/mol. The Morgan fingerprint density at radius 1 is 1.35 bits per heavy atom. The average Bonchev–Trinajstić information content (AvgIpc) is 1.95. The zero-order chi connectivity index (χ0) is 13.6. The average molecular weight is 238 g/mol. The van der Waals surface area contributed by atoms with Gasteiger partial charge < -0.3 is 4.79 Å². The van der Waals surface area contributed by atoms with Crippen molar-refractivity contribution in [1.29, 1.82) is 0 Å². The van der Waals surface area contributed by atoms with Crippen molar-refractivity contribution in [1.82, 2.24) is 0 Å². The van der Waals surface area contributed by atoms with Crippen molar-refractivity contribution in [2.75, 3.05) is 0 Å². The fraction of sp³-hybridized carbons (Fsp3) is 0.733. The maximum atomic E-state index is 11.0. The summed E-state index contributed by atoms with van der Waals surface area (Å²) in [6.45, 7) is 12.0. The largest absolute Gasteiger partial charge is 0.300 e. The van der Waals surface area contributed by atoms with Gasteiger partial charge in [0.25, 0.3) is 0 Å². The SMILES string of the molecule is CC(=O)CC(C)C.CC1=CC(=O)CC(C)(C)C1. The molecule has 0 fully saturated rings. The van der Waals surface area contributed by atoms with E-state index in [4.69, 9.17) is 0 Å². The fourth-order valence-corrected chi connectivity index (χ4v) is 2.24. The second-order valence-electron chi connectivity index (χ2n) is 6.27. The molecule has 1 aliphatic carbocycles. The molecule has 0 atom stereocenters. The van der Waals surface area contributed by atoms with Crippen molar-refractivity contribution in [2.45, 2.75) is 60.8 Å². The van der Waals surface area contributed by atoms with Crippen molar-refractivity contribution in [3.8, 4) is 0 Å². The molecule has 0 bridgehead atoms. The normalized spacial score (nSPS) is 18.3. The number of rotatable bonds is 2. The second kappa shape index (κ2) is 6.73. The van der Waals surface area contributed by atoms with Gasteiger partial charge in [-0.3, -0.25) is 4.79 Å². The van der Waals surface area contributed by atoms with Crippen LogP contribution in [0.1, 0.15) is 60.8 Å². The highest BCUT2D eigenvalue weighted by Crippen LogP contribution is 2.32. The lowest BCUT2D eigenvalue weighted by atomic mass is 9.77. The Labute approximate surface area is 105 Å². The molecule has 0 amide bonds. The summed E-state index contributed by atoms with van der Waals surface area (Å²) in [6, 6.07) is 0. The zero-order valence-corrected chi connectivity index (χ0v) is 12.1. The van der Waals surface area contributed by atoms with Gasteiger partial charge in [-0.15, -0.1) is 0 Å². The molecule has 2 heteroatoms. The lowest BCUT2D eigenvalue weighted by molar-refractivity contribution is -0.118. The second-order valence-corrected chi connectivity index (χ2v) is 6.27. The highest BCUT2D eigenvalue weighted by atomic mass is 16.1. The maximum Gasteiger partial charge on any atom is 0.156 e. The Hall–Kier alpha value is -0.920. The van der Waals surface area contributed by atoms with Crippen LogP contribution < -0.4 is 0 Å². The predicted molar refractivity (Wildman–Crippen MR) is 71.9 cm³/mol. The number of hydrogen-bond donors (Lipinski definition) is 0. The summed E-state index contributed by atoms with van der Waals surface area (Å²) in [5, 5.41) is 0. The topological polar surface area (TPSA) is 34.1 Å². The molecule has 0 N–H and O–H groups in total. The van der Waals surface area contributed by atoms with Crippen LogP contribution in [0.15, 0.2) is 11.6 Å². The van der Waals surface area contributed by atoms with E-state index in [0.717, 1.165) is 12.8 Å². The van der Waals surface area contributed by atoms with Crippen molar-refractivity contribution in [3.63, 3.8) is 0 Å². The molecular formula is C15H26O2. The third kappa shape index (κ3) is 8.84. The molecule has 0 spiro atoms. The van der Waals surface area contributed by atoms with Crippen molar-refractivity contribution < 1.29 is 9.59 Å². The summed E-state index contributed by atoms with van der Waals surface area (Å²) in [7, 11) is 0. The smallest absolute Gasteiger partial charge is 0.156 e. The lowest BCUT2D eigenvalue weighted by Crippen LogP contribution is -2.20. The predicted octanol–water partition coefficient (Wildman–Crippen LogP) is 3.94. The number of hydrogen-bond acceptors (Lipinski definition) is 2. The van der Waals surface area contributed by atoms with Crippen LogP contribution in [-0.2, 0) is 9.59 Å². The quantitative estimate of drug-likeness (QED) is 0.730. The summed E-state index contributed by atoms with van der Waals surface area (Å²) in [6.07, 6.45) is 4.27. The fourth-order valence-electron chi connectivity index (χ4n) is 2.24. The van der Waals surface area contributed by atoms with E-state index in [-0.39, 0.29) is 17.0 Å². The van der Waals surface area contributed by atoms with E-state index in [9.17, 15) is 9.59 Å². The van der Waals surface area contributed by atoms with E-state index >= 15 is 0 Å². The Morgan fingerprint density at radius 2 is 1.88 bits per heavy atom. The minimum Gasteiger partial charge on any atom is -0.300 e. The Morgan fingerprint density at radius 3 is 2.12 bits per heavy atom. The van der Waals surface area contributed by atoms with E-state index in [0.29, 0.717) is 12.3 Å². The molecule has 1 aliphatic rings. The first-order valence-electron chi connectivity index (χ1n) is 6.32. The molecule has 0 aromatic carbocycles. The number of allylic oxidation sites excluding steroid dienone is 2. The minimum absolute atomic E-state index is 0.204. The van der Waals surface area contributed by atoms with Gasteiger partial charge in [0.2, 0.25) is 0 Å². The van der Waals surface area contributed by atoms with Crippen LogP contribution in [-0.4, -0.2) is 11.6 Å². The molecule has 98 valence electrons. The third-order valence-corrected chi connectivity index (χ3v) is 2.51. The van der Waals surface area contributed by atoms with Crippen LogP contribution in [0.25, 0.3) is 0 Å². The molecule has 0 aromatic heterocycles. The van der Waals surface area contributed by atoms with E-state index in [1.54, 1.807) is 13.0 Å². The van der Waals surface area contributed by atoms with E-state index in [1.807, 2.05) is 20.8 Å². The summed E-state index contributed by atoms with van der Waals surface area (Å²) < 4.78 is 0. The molecule has 1 rings (SSSR count). The summed E-state index contributed by atoms with van der Waals surface area (Å²) in [5.74, 6) is 1.10. The van der Waals surface area contributed by atoms with Crippen LogP contribution in [0, 0.1) is 11.3 Å². The minimum atomic E-state index is 0.204. The van der Waals surface area contributed by atoms with Gasteiger partial charge in [0.05, 0.1) is 0 Å². The molecule has 0 saturated carbocycles. The van der Waals surface area contributed by atoms with E-state index in [2.05, 4.69) is 13.8 Å². The summed E-state index contributed by atoms with van der Waals surface area (Å²) >= 11 is 0. The van der Waals surface area contributed by atoms with Crippen LogP contribution in [0.3, 0.4) is 0 Å². The van der Waals surface area contributed by atoms with Gasteiger partial charge in [0.1, 0.15) is 5.78 Å². The standard InChI is InChI=1S/C9H14O.C6H12O/c1-7-4-8(10)6-9(2,3)5-7;1-5(2)4-6(3)7/h4H,5-6H2,1-3H3;5H,4H2,1-3H3. The van der Waals surface area contributed by atoms with Gasteiger partial charge in [-0.25, -0.2) is 0 Å². The van der Waals surface area contributed by atoms with Crippen LogP contribution >= 0.6 is 0 Å².